The van der Waals surface area contributed by atoms with E-state index >= 15 is 0 Å². The molecule has 5 rings (SSSR count). The molecule has 0 N–H and O–H groups in total. The van der Waals surface area contributed by atoms with Crippen LogP contribution in [0.3, 0.4) is 0 Å². The number of hydrogen-bond donors (Lipinski definition) is 0. The van der Waals surface area contributed by atoms with Crippen molar-refractivity contribution in [1.82, 2.24) is 19.9 Å². The van der Waals surface area contributed by atoms with E-state index < -0.39 is 0 Å². The van der Waals surface area contributed by atoms with Crippen molar-refractivity contribution in [1.29, 1.82) is 0 Å². The van der Waals surface area contributed by atoms with E-state index in [4.69, 9.17) is 16.0 Å². The molecule has 26 heavy (non-hydrogen) atoms. The van der Waals surface area contributed by atoms with Gasteiger partial charge in [-0.15, -0.1) is 0 Å². The largest absolute Gasteiger partial charge is 0.438 e. The minimum Gasteiger partial charge on any atom is -0.438 e. The van der Waals surface area contributed by atoms with Crippen LogP contribution in [0, 0.1) is 0 Å². The zero-order chi connectivity index (χ0) is 17.5. The third-order valence-corrected chi connectivity index (χ3v) is 4.32. The fourth-order valence-corrected chi connectivity index (χ4v) is 3.19. The molecule has 2 aromatic carbocycles. The maximum absolute atomic E-state index is 6.20. The Bertz CT molecular complexity index is 1250. The van der Waals surface area contributed by atoms with Gasteiger partial charge in [0.25, 0.3) is 0 Å². The lowest BCUT2D eigenvalue weighted by molar-refractivity contribution is 0.654. The van der Waals surface area contributed by atoms with Crippen molar-refractivity contribution in [3.63, 3.8) is 0 Å². The molecule has 0 unspecified atom stereocenters. The van der Waals surface area contributed by atoms with E-state index in [-0.39, 0.29) is 5.28 Å². The van der Waals surface area contributed by atoms with Gasteiger partial charge in [0.15, 0.2) is 11.6 Å². The fourth-order valence-electron chi connectivity index (χ4n) is 3.03. The summed E-state index contributed by atoms with van der Waals surface area (Å²) in [7, 11) is 0. The molecule has 3 aromatic heterocycles. The fraction of sp³-hybridized carbons (Fsp3) is 0. The number of hydrogen-bond acceptors (Lipinski definition) is 5. The molecule has 0 saturated carbocycles. The van der Waals surface area contributed by atoms with Crippen molar-refractivity contribution in [3.8, 4) is 22.8 Å². The highest BCUT2D eigenvalue weighted by molar-refractivity contribution is 6.28. The van der Waals surface area contributed by atoms with Gasteiger partial charge in [-0.1, -0.05) is 42.5 Å². The van der Waals surface area contributed by atoms with Crippen LogP contribution in [0.2, 0.25) is 5.28 Å². The average Bonchev–Trinajstić information content (AvgIpc) is 3.07. The molecule has 0 aliphatic carbocycles. The van der Waals surface area contributed by atoms with Gasteiger partial charge < -0.3 is 4.42 Å². The van der Waals surface area contributed by atoms with Crippen LogP contribution in [0.15, 0.2) is 71.3 Å². The summed E-state index contributed by atoms with van der Waals surface area (Å²) in [5.74, 6) is 1.03. The highest BCUT2D eigenvalue weighted by atomic mass is 35.5. The highest BCUT2D eigenvalue weighted by Crippen LogP contribution is 2.35. The van der Waals surface area contributed by atoms with Crippen molar-refractivity contribution in [3.05, 3.63) is 72.1 Å². The van der Waals surface area contributed by atoms with Gasteiger partial charge in [-0.2, -0.15) is 9.97 Å². The summed E-state index contributed by atoms with van der Waals surface area (Å²) in [4.78, 5) is 17.5. The number of pyridine rings is 1. The Morgan fingerprint density at radius 1 is 0.769 bits per heavy atom. The SMILES string of the molecule is Clc1nc(-c2ccccc2)nc(-c2cccc3oc4ncccc4c23)n1. The van der Waals surface area contributed by atoms with Crippen molar-refractivity contribution < 1.29 is 4.42 Å². The van der Waals surface area contributed by atoms with Crippen LogP contribution >= 0.6 is 11.6 Å². The van der Waals surface area contributed by atoms with Gasteiger partial charge in [-0.05, 0) is 29.8 Å². The van der Waals surface area contributed by atoms with E-state index in [1.807, 2.05) is 60.7 Å². The van der Waals surface area contributed by atoms with E-state index in [2.05, 4.69) is 19.9 Å². The van der Waals surface area contributed by atoms with Crippen LogP contribution in [-0.4, -0.2) is 19.9 Å². The Hall–Kier alpha value is -3.31. The molecule has 5 aromatic rings. The summed E-state index contributed by atoms with van der Waals surface area (Å²) in [6.45, 7) is 0. The zero-order valence-electron chi connectivity index (χ0n) is 13.4. The number of furan rings is 1. The molecular weight excluding hydrogens is 348 g/mol. The molecule has 0 bridgehead atoms. The summed E-state index contributed by atoms with van der Waals surface area (Å²) in [6.07, 6.45) is 1.71. The lowest BCUT2D eigenvalue weighted by atomic mass is 10.1. The molecule has 124 valence electrons. The normalized spacial score (nSPS) is 11.3. The van der Waals surface area contributed by atoms with E-state index in [9.17, 15) is 0 Å². The molecule has 0 saturated heterocycles. The quantitative estimate of drug-likeness (QED) is 0.436. The van der Waals surface area contributed by atoms with Gasteiger partial charge in [0.05, 0.1) is 0 Å². The first-order chi connectivity index (χ1) is 12.8. The van der Waals surface area contributed by atoms with E-state index in [1.54, 1.807) is 6.20 Å². The maximum Gasteiger partial charge on any atom is 0.227 e. The molecule has 3 heterocycles. The van der Waals surface area contributed by atoms with Gasteiger partial charge in [-0.3, -0.25) is 0 Å². The first kappa shape index (κ1) is 15.0. The first-order valence-corrected chi connectivity index (χ1v) is 8.41. The van der Waals surface area contributed by atoms with Crippen LogP contribution in [0.5, 0.6) is 0 Å². The minimum atomic E-state index is 0.150. The Morgan fingerprint density at radius 3 is 2.50 bits per heavy atom. The molecule has 0 radical (unpaired) electrons. The monoisotopic (exact) mass is 358 g/mol. The number of halogens is 1. The summed E-state index contributed by atoms with van der Waals surface area (Å²) in [5, 5.41) is 1.98. The number of benzene rings is 2. The molecule has 0 spiro atoms. The van der Waals surface area contributed by atoms with Crippen molar-refractivity contribution in [2.24, 2.45) is 0 Å². The van der Waals surface area contributed by atoms with Gasteiger partial charge >= 0.3 is 0 Å². The van der Waals surface area contributed by atoms with Gasteiger partial charge in [0.2, 0.25) is 11.0 Å². The number of fused-ring (bicyclic) bond motifs is 3. The van der Waals surface area contributed by atoms with Crippen molar-refractivity contribution in [2.75, 3.05) is 0 Å². The second-order valence-corrected chi connectivity index (χ2v) is 6.09. The van der Waals surface area contributed by atoms with Crippen molar-refractivity contribution >= 4 is 33.7 Å². The van der Waals surface area contributed by atoms with Crippen LogP contribution in [0.4, 0.5) is 0 Å². The van der Waals surface area contributed by atoms with Crippen LogP contribution in [0.1, 0.15) is 0 Å². The standard InChI is InChI=1S/C20H11ClN4O/c21-20-24-17(12-6-2-1-3-7-12)23-18(25-20)13-8-4-10-15-16(13)14-9-5-11-22-19(14)26-15/h1-11H. The predicted molar refractivity (Wildman–Crippen MR) is 101 cm³/mol. The van der Waals surface area contributed by atoms with Gasteiger partial charge in [0, 0.05) is 28.1 Å². The summed E-state index contributed by atoms with van der Waals surface area (Å²) < 4.78 is 5.84. The molecule has 6 heteroatoms. The Kier molecular flexibility index (Phi) is 3.40. The number of aromatic nitrogens is 4. The van der Waals surface area contributed by atoms with E-state index in [0.29, 0.717) is 17.4 Å². The minimum absolute atomic E-state index is 0.150. The van der Waals surface area contributed by atoms with E-state index in [1.165, 1.54) is 0 Å². The Labute approximate surface area is 153 Å². The molecule has 5 nitrogen and oxygen atoms in total. The predicted octanol–water partition coefficient (Wildman–Crippen LogP) is 5.15. The molecule has 0 fully saturated rings. The molecular formula is C20H11ClN4O. The number of nitrogens with zero attached hydrogens (tertiary/aromatic N) is 4. The topological polar surface area (TPSA) is 64.7 Å². The lowest BCUT2D eigenvalue weighted by Crippen LogP contribution is -1.97. The second kappa shape index (κ2) is 5.89. The Morgan fingerprint density at radius 2 is 1.62 bits per heavy atom. The van der Waals surface area contributed by atoms with Crippen LogP contribution in [-0.2, 0) is 0 Å². The molecule has 0 atom stereocenters. The third-order valence-electron chi connectivity index (χ3n) is 4.15. The molecule has 0 aliphatic rings. The second-order valence-electron chi connectivity index (χ2n) is 5.75. The first-order valence-electron chi connectivity index (χ1n) is 8.03. The Balaban J connectivity index is 1.80. The smallest absolute Gasteiger partial charge is 0.227 e. The summed E-state index contributed by atoms with van der Waals surface area (Å²) >= 11 is 6.20. The molecule has 0 amide bonds. The van der Waals surface area contributed by atoms with Gasteiger partial charge in [-0.25, -0.2) is 9.97 Å². The zero-order valence-corrected chi connectivity index (χ0v) is 14.2. The number of rotatable bonds is 2. The van der Waals surface area contributed by atoms with Crippen molar-refractivity contribution in [2.45, 2.75) is 0 Å². The molecule has 0 aliphatic heterocycles. The van der Waals surface area contributed by atoms with Crippen LogP contribution < -0.4 is 0 Å². The van der Waals surface area contributed by atoms with Crippen LogP contribution in [0.25, 0.3) is 44.8 Å². The third kappa shape index (κ3) is 2.41. The lowest BCUT2D eigenvalue weighted by Gasteiger charge is -2.06. The summed E-state index contributed by atoms with van der Waals surface area (Å²) in [5.41, 5.74) is 3.02. The maximum atomic E-state index is 6.20. The van der Waals surface area contributed by atoms with E-state index in [0.717, 1.165) is 27.5 Å². The summed E-state index contributed by atoms with van der Waals surface area (Å²) in [6, 6.07) is 19.3. The average molecular weight is 359 g/mol. The van der Waals surface area contributed by atoms with Gasteiger partial charge in [0.1, 0.15) is 5.58 Å². The highest BCUT2D eigenvalue weighted by Gasteiger charge is 2.16.